The first-order valence-corrected chi connectivity index (χ1v) is 6.11. The van der Waals surface area contributed by atoms with Gasteiger partial charge in [0.05, 0.1) is 0 Å². The molecule has 4 nitrogen and oxygen atoms in total. The molecular weight excluding hydrogens is 254 g/mol. The third kappa shape index (κ3) is 3.59. The third-order valence-electron chi connectivity index (χ3n) is 2.62. The van der Waals surface area contributed by atoms with Crippen molar-refractivity contribution < 1.29 is 14.3 Å². The lowest BCUT2D eigenvalue weighted by Gasteiger charge is -2.10. The molecule has 0 aliphatic rings. The highest BCUT2D eigenvalue weighted by molar-refractivity contribution is 5.73. The molecule has 0 aliphatic heterocycles. The summed E-state index contributed by atoms with van der Waals surface area (Å²) in [5.74, 6) is 0.0435. The van der Waals surface area contributed by atoms with Crippen LogP contribution in [0.1, 0.15) is 0 Å². The quantitative estimate of drug-likeness (QED) is 0.781. The van der Waals surface area contributed by atoms with Crippen molar-refractivity contribution >= 4 is 5.97 Å². The second kappa shape index (κ2) is 6.95. The molecule has 0 atom stereocenters. The van der Waals surface area contributed by atoms with Crippen LogP contribution >= 0.6 is 0 Å². The number of rotatable bonds is 5. The minimum absolute atomic E-state index is 0.217. The molecule has 4 heteroatoms. The van der Waals surface area contributed by atoms with Crippen LogP contribution in [0.2, 0.25) is 0 Å². The molecule has 0 saturated heterocycles. The molecule has 0 unspecified atom stereocenters. The van der Waals surface area contributed by atoms with Crippen LogP contribution in [0.25, 0.3) is 11.1 Å². The van der Waals surface area contributed by atoms with Crippen LogP contribution in [0.15, 0.2) is 54.6 Å². The molecule has 2 aromatic rings. The molecule has 0 fully saturated rings. The molecule has 0 N–H and O–H groups in total. The maximum atomic E-state index is 11.3. The average Bonchev–Trinajstić information content (AvgIpc) is 2.52. The SMILES string of the molecule is N#CCOC(=O)COc1ccccc1-c1ccccc1. The Bertz CT molecular complexity index is 617. The molecule has 0 spiro atoms. The molecule has 20 heavy (non-hydrogen) atoms. The van der Waals surface area contributed by atoms with Gasteiger partial charge >= 0.3 is 5.97 Å². The summed E-state index contributed by atoms with van der Waals surface area (Å²) in [6.07, 6.45) is 0. The van der Waals surface area contributed by atoms with E-state index >= 15 is 0 Å². The predicted octanol–water partition coefficient (Wildman–Crippen LogP) is 2.80. The van der Waals surface area contributed by atoms with Gasteiger partial charge in [-0.25, -0.2) is 4.79 Å². The summed E-state index contributed by atoms with van der Waals surface area (Å²) < 4.78 is 10.1. The van der Waals surface area contributed by atoms with Gasteiger partial charge in [-0.15, -0.1) is 0 Å². The smallest absolute Gasteiger partial charge is 0.345 e. The molecule has 2 aromatic carbocycles. The van der Waals surface area contributed by atoms with Crippen LogP contribution in [-0.4, -0.2) is 19.2 Å². The fourth-order valence-electron chi connectivity index (χ4n) is 1.74. The van der Waals surface area contributed by atoms with E-state index in [1.165, 1.54) is 0 Å². The van der Waals surface area contributed by atoms with E-state index < -0.39 is 5.97 Å². The molecule has 100 valence electrons. The van der Waals surface area contributed by atoms with Crippen molar-refractivity contribution in [3.63, 3.8) is 0 Å². The number of hydrogen-bond donors (Lipinski definition) is 0. The topological polar surface area (TPSA) is 59.3 Å². The van der Waals surface area contributed by atoms with Crippen LogP contribution < -0.4 is 4.74 Å². The predicted molar refractivity (Wildman–Crippen MR) is 73.9 cm³/mol. The van der Waals surface area contributed by atoms with Crippen molar-refractivity contribution in [1.29, 1.82) is 5.26 Å². The maximum absolute atomic E-state index is 11.3. The summed E-state index contributed by atoms with van der Waals surface area (Å²) in [6, 6.07) is 18.9. The molecular formula is C16H13NO3. The first kappa shape index (κ1) is 13.6. The van der Waals surface area contributed by atoms with Gasteiger partial charge in [0.25, 0.3) is 0 Å². The number of para-hydroxylation sites is 1. The van der Waals surface area contributed by atoms with Crippen molar-refractivity contribution in [2.24, 2.45) is 0 Å². The van der Waals surface area contributed by atoms with Crippen molar-refractivity contribution in [3.8, 4) is 22.9 Å². The monoisotopic (exact) mass is 267 g/mol. The molecule has 0 amide bonds. The van der Waals surface area contributed by atoms with Gasteiger partial charge in [0, 0.05) is 5.56 Å². The van der Waals surface area contributed by atoms with Crippen molar-refractivity contribution in [1.82, 2.24) is 0 Å². The van der Waals surface area contributed by atoms with Gasteiger partial charge in [-0.1, -0.05) is 48.5 Å². The van der Waals surface area contributed by atoms with Crippen LogP contribution in [0.5, 0.6) is 5.75 Å². The summed E-state index contributed by atoms with van der Waals surface area (Å²) in [6.45, 7) is -0.478. The van der Waals surface area contributed by atoms with Crippen molar-refractivity contribution in [2.75, 3.05) is 13.2 Å². The Balaban J connectivity index is 2.10. The van der Waals surface area contributed by atoms with E-state index in [0.717, 1.165) is 11.1 Å². The van der Waals surface area contributed by atoms with Crippen molar-refractivity contribution in [2.45, 2.75) is 0 Å². The lowest BCUT2D eigenvalue weighted by molar-refractivity contribution is -0.144. The molecule has 0 aromatic heterocycles. The normalized spacial score (nSPS) is 9.55. The molecule has 0 aliphatic carbocycles. The fourth-order valence-corrected chi connectivity index (χ4v) is 1.74. The number of hydrogen-bond acceptors (Lipinski definition) is 4. The molecule has 0 radical (unpaired) electrons. The zero-order valence-corrected chi connectivity index (χ0v) is 10.8. The maximum Gasteiger partial charge on any atom is 0.345 e. The van der Waals surface area contributed by atoms with Crippen LogP contribution in [0.4, 0.5) is 0 Å². The average molecular weight is 267 g/mol. The number of benzene rings is 2. The van der Waals surface area contributed by atoms with E-state index in [0.29, 0.717) is 5.75 Å². The minimum Gasteiger partial charge on any atom is -0.481 e. The van der Waals surface area contributed by atoms with E-state index in [-0.39, 0.29) is 13.2 Å². The number of ether oxygens (including phenoxy) is 2. The van der Waals surface area contributed by atoms with E-state index in [1.54, 1.807) is 12.1 Å². The Morgan fingerprint density at radius 1 is 1.05 bits per heavy atom. The molecule has 0 heterocycles. The van der Waals surface area contributed by atoms with E-state index in [2.05, 4.69) is 4.74 Å². The lowest BCUT2D eigenvalue weighted by Crippen LogP contribution is -2.15. The largest absolute Gasteiger partial charge is 0.481 e. The summed E-state index contributed by atoms with van der Waals surface area (Å²) in [4.78, 5) is 11.3. The summed E-state index contributed by atoms with van der Waals surface area (Å²) in [5, 5.41) is 8.33. The van der Waals surface area contributed by atoms with Crippen LogP contribution in [0, 0.1) is 11.3 Å². The first-order chi connectivity index (χ1) is 9.81. The summed E-state index contributed by atoms with van der Waals surface area (Å²) >= 11 is 0. The van der Waals surface area contributed by atoms with Gasteiger partial charge in [-0.3, -0.25) is 0 Å². The summed E-state index contributed by atoms with van der Waals surface area (Å²) in [7, 11) is 0. The Morgan fingerprint density at radius 3 is 2.50 bits per heavy atom. The summed E-state index contributed by atoms with van der Waals surface area (Å²) in [5.41, 5.74) is 1.91. The Hall–Kier alpha value is -2.80. The highest BCUT2D eigenvalue weighted by atomic mass is 16.6. The molecule has 0 bridgehead atoms. The fraction of sp³-hybridized carbons (Fsp3) is 0.125. The van der Waals surface area contributed by atoms with Crippen LogP contribution in [0.3, 0.4) is 0 Å². The van der Waals surface area contributed by atoms with Gasteiger partial charge in [0.15, 0.2) is 13.2 Å². The highest BCUT2D eigenvalue weighted by Crippen LogP contribution is 2.29. The second-order valence-corrected chi connectivity index (χ2v) is 3.97. The zero-order valence-electron chi connectivity index (χ0n) is 10.8. The number of esters is 1. The van der Waals surface area contributed by atoms with E-state index in [1.807, 2.05) is 48.5 Å². The second-order valence-electron chi connectivity index (χ2n) is 3.97. The van der Waals surface area contributed by atoms with Gasteiger partial charge in [-0.2, -0.15) is 5.26 Å². The minimum atomic E-state index is -0.561. The Kier molecular flexibility index (Phi) is 4.74. The van der Waals surface area contributed by atoms with Gasteiger partial charge < -0.3 is 9.47 Å². The lowest BCUT2D eigenvalue weighted by atomic mass is 10.1. The van der Waals surface area contributed by atoms with Gasteiger partial charge in [0.2, 0.25) is 0 Å². The zero-order chi connectivity index (χ0) is 14.2. The van der Waals surface area contributed by atoms with Crippen molar-refractivity contribution in [3.05, 3.63) is 54.6 Å². The molecule has 2 rings (SSSR count). The first-order valence-electron chi connectivity index (χ1n) is 6.11. The Labute approximate surface area is 117 Å². The highest BCUT2D eigenvalue weighted by Gasteiger charge is 2.08. The van der Waals surface area contributed by atoms with E-state index in [4.69, 9.17) is 10.00 Å². The standard InChI is InChI=1S/C16H13NO3/c17-10-11-19-16(18)12-20-15-9-5-4-8-14(15)13-6-2-1-3-7-13/h1-9H,11-12H2. The number of nitrogens with zero attached hydrogens (tertiary/aromatic N) is 1. The number of carbonyl (C=O) groups is 1. The number of carbonyl (C=O) groups excluding carboxylic acids is 1. The van der Waals surface area contributed by atoms with Crippen LogP contribution in [-0.2, 0) is 9.53 Å². The Morgan fingerprint density at radius 2 is 1.75 bits per heavy atom. The molecule has 0 saturated carbocycles. The van der Waals surface area contributed by atoms with E-state index in [9.17, 15) is 4.79 Å². The van der Waals surface area contributed by atoms with Gasteiger partial charge in [-0.05, 0) is 11.6 Å². The van der Waals surface area contributed by atoms with Gasteiger partial charge in [0.1, 0.15) is 11.8 Å². The third-order valence-corrected chi connectivity index (χ3v) is 2.62. The number of nitriles is 1.